The molecule has 188 valence electrons. The molecule has 1 saturated carbocycles. The van der Waals surface area contributed by atoms with E-state index in [-0.39, 0.29) is 23.7 Å². The molecular formula is C30H23FN4O3. The molecule has 2 aromatic carbocycles. The van der Waals surface area contributed by atoms with Gasteiger partial charge < -0.3 is 9.73 Å². The summed E-state index contributed by atoms with van der Waals surface area (Å²) in [6, 6.07) is 20.5. The molecule has 7 nitrogen and oxygen atoms in total. The van der Waals surface area contributed by atoms with Crippen molar-refractivity contribution in [2.24, 2.45) is 0 Å². The van der Waals surface area contributed by atoms with Crippen LogP contribution in [0.2, 0.25) is 0 Å². The fraction of sp³-hybridized carbons (Fsp3) is 0.133. The van der Waals surface area contributed by atoms with Gasteiger partial charge in [0.2, 0.25) is 0 Å². The Hall–Kier alpha value is -4.85. The standard InChI is InChI=1S/C30H23FN4O3/c1-32-29(36)27-23-16-24(34-17-25(23)38-28(27)18-8-10-21(31)11-9-18)19-5-4-6-20(15-19)30(37)35(22-12-13-22)26-7-2-3-14-33-26/h2-11,14-17,22H,12-13H2,1H3,(H,32,36). The summed E-state index contributed by atoms with van der Waals surface area (Å²) in [7, 11) is 1.54. The lowest BCUT2D eigenvalue weighted by atomic mass is 10.0. The van der Waals surface area contributed by atoms with Gasteiger partial charge >= 0.3 is 0 Å². The normalized spacial score (nSPS) is 12.9. The summed E-state index contributed by atoms with van der Waals surface area (Å²) in [5.74, 6) is 0.124. The molecule has 8 heteroatoms. The highest BCUT2D eigenvalue weighted by atomic mass is 19.1. The van der Waals surface area contributed by atoms with Crippen LogP contribution in [0, 0.1) is 5.82 Å². The Balaban J connectivity index is 1.41. The summed E-state index contributed by atoms with van der Waals surface area (Å²) in [6.45, 7) is 0. The molecule has 1 aliphatic carbocycles. The minimum atomic E-state index is -0.381. The van der Waals surface area contributed by atoms with Crippen molar-refractivity contribution in [3.8, 4) is 22.6 Å². The van der Waals surface area contributed by atoms with Gasteiger partial charge in [0.1, 0.15) is 17.4 Å². The molecule has 6 rings (SSSR count). The Kier molecular flexibility index (Phi) is 5.92. The van der Waals surface area contributed by atoms with Crippen molar-refractivity contribution >= 4 is 28.6 Å². The number of amides is 2. The van der Waals surface area contributed by atoms with Crippen molar-refractivity contribution in [1.82, 2.24) is 15.3 Å². The predicted molar refractivity (Wildman–Crippen MR) is 142 cm³/mol. The van der Waals surface area contributed by atoms with Gasteiger partial charge in [0.05, 0.1) is 17.5 Å². The molecule has 3 aromatic heterocycles. The van der Waals surface area contributed by atoms with Gasteiger partial charge in [-0.25, -0.2) is 9.37 Å². The van der Waals surface area contributed by atoms with Crippen LogP contribution in [0.3, 0.4) is 0 Å². The second-order valence-electron chi connectivity index (χ2n) is 9.13. The number of nitrogens with zero attached hydrogens (tertiary/aromatic N) is 3. The zero-order chi connectivity index (χ0) is 26.2. The van der Waals surface area contributed by atoms with E-state index in [0.717, 1.165) is 18.4 Å². The topological polar surface area (TPSA) is 88.3 Å². The van der Waals surface area contributed by atoms with Gasteiger partial charge in [-0.2, -0.15) is 0 Å². The maximum Gasteiger partial charge on any atom is 0.259 e. The fourth-order valence-corrected chi connectivity index (χ4v) is 4.55. The van der Waals surface area contributed by atoms with Crippen LogP contribution in [0.1, 0.15) is 33.6 Å². The summed E-state index contributed by atoms with van der Waals surface area (Å²) in [6.07, 6.45) is 5.13. The van der Waals surface area contributed by atoms with E-state index < -0.39 is 0 Å². The second-order valence-corrected chi connectivity index (χ2v) is 9.13. The van der Waals surface area contributed by atoms with Crippen LogP contribution in [-0.4, -0.2) is 34.9 Å². The lowest BCUT2D eigenvalue weighted by molar-refractivity contribution is 0.0962. The summed E-state index contributed by atoms with van der Waals surface area (Å²) in [5.41, 5.74) is 3.16. The van der Waals surface area contributed by atoms with Crippen molar-refractivity contribution in [2.45, 2.75) is 18.9 Å². The minimum Gasteiger partial charge on any atom is -0.454 e. The van der Waals surface area contributed by atoms with Crippen LogP contribution >= 0.6 is 0 Å². The third-order valence-corrected chi connectivity index (χ3v) is 6.57. The highest BCUT2D eigenvalue weighted by Gasteiger charge is 2.35. The smallest absolute Gasteiger partial charge is 0.259 e. The van der Waals surface area contributed by atoms with E-state index in [1.807, 2.05) is 30.3 Å². The average Bonchev–Trinajstić information content (AvgIpc) is 3.72. The number of carbonyl (C=O) groups excluding carboxylic acids is 2. The van der Waals surface area contributed by atoms with E-state index in [1.165, 1.54) is 12.1 Å². The van der Waals surface area contributed by atoms with E-state index >= 15 is 0 Å². The monoisotopic (exact) mass is 506 g/mol. The van der Waals surface area contributed by atoms with E-state index in [9.17, 15) is 14.0 Å². The summed E-state index contributed by atoms with van der Waals surface area (Å²) in [5, 5.41) is 3.23. The fourth-order valence-electron chi connectivity index (χ4n) is 4.55. The molecule has 1 fully saturated rings. The Morgan fingerprint density at radius 1 is 0.974 bits per heavy atom. The van der Waals surface area contributed by atoms with Crippen LogP contribution in [0.15, 0.2) is 89.6 Å². The summed E-state index contributed by atoms with van der Waals surface area (Å²) < 4.78 is 19.5. The lowest BCUT2D eigenvalue weighted by Crippen LogP contribution is -2.33. The minimum absolute atomic E-state index is 0.123. The highest BCUT2D eigenvalue weighted by molar-refractivity contribution is 6.11. The van der Waals surface area contributed by atoms with Gasteiger partial charge in [0.25, 0.3) is 11.8 Å². The molecule has 5 aromatic rings. The number of halogens is 1. The zero-order valence-corrected chi connectivity index (χ0v) is 20.5. The molecule has 0 unspecified atom stereocenters. The maximum atomic E-state index is 13.6. The first-order valence-corrected chi connectivity index (χ1v) is 12.3. The Morgan fingerprint density at radius 3 is 2.50 bits per heavy atom. The molecule has 1 aliphatic rings. The average molecular weight is 507 g/mol. The second kappa shape index (κ2) is 9.55. The number of hydrogen-bond donors (Lipinski definition) is 1. The van der Waals surface area contributed by atoms with Crippen LogP contribution in [0.5, 0.6) is 0 Å². The van der Waals surface area contributed by atoms with E-state index in [2.05, 4.69) is 15.3 Å². The first-order valence-electron chi connectivity index (χ1n) is 12.3. The molecular weight excluding hydrogens is 483 g/mol. The maximum absolute atomic E-state index is 13.6. The van der Waals surface area contributed by atoms with E-state index in [1.54, 1.807) is 54.7 Å². The Bertz CT molecular complexity index is 1660. The van der Waals surface area contributed by atoms with E-state index in [4.69, 9.17) is 4.42 Å². The van der Waals surface area contributed by atoms with Crippen molar-refractivity contribution in [3.63, 3.8) is 0 Å². The lowest BCUT2D eigenvalue weighted by Gasteiger charge is -2.21. The van der Waals surface area contributed by atoms with Crippen molar-refractivity contribution in [1.29, 1.82) is 0 Å². The zero-order valence-electron chi connectivity index (χ0n) is 20.5. The number of nitrogens with one attached hydrogen (secondary N) is 1. The van der Waals surface area contributed by atoms with Gasteiger partial charge in [0, 0.05) is 41.4 Å². The number of furan rings is 1. The van der Waals surface area contributed by atoms with Gasteiger partial charge in [-0.05, 0) is 67.4 Å². The molecule has 0 spiro atoms. The summed E-state index contributed by atoms with van der Waals surface area (Å²) in [4.78, 5) is 37.2. The number of rotatable bonds is 6. The molecule has 3 heterocycles. The quantitative estimate of drug-likeness (QED) is 0.311. The molecule has 0 bridgehead atoms. The van der Waals surface area contributed by atoms with Crippen LogP contribution in [-0.2, 0) is 0 Å². The van der Waals surface area contributed by atoms with Crippen LogP contribution in [0.4, 0.5) is 10.2 Å². The van der Waals surface area contributed by atoms with Crippen molar-refractivity contribution in [2.75, 3.05) is 11.9 Å². The number of pyridine rings is 2. The number of carbonyl (C=O) groups is 2. The molecule has 0 aliphatic heterocycles. The Labute approximate surface area is 218 Å². The van der Waals surface area contributed by atoms with E-state index in [0.29, 0.717) is 44.9 Å². The largest absolute Gasteiger partial charge is 0.454 e. The van der Waals surface area contributed by atoms with Crippen molar-refractivity contribution in [3.05, 3.63) is 102 Å². The van der Waals surface area contributed by atoms with Gasteiger partial charge in [0.15, 0.2) is 5.58 Å². The number of fused-ring (bicyclic) bond motifs is 1. The first-order chi connectivity index (χ1) is 18.5. The van der Waals surface area contributed by atoms with Gasteiger partial charge in [-0.15, -0.1) is 0 Å². The molecule has 38 heavy (non-hydrogen) atoms. The molecule has 0 saturated heterocycles. The number of aromatic nitrogens is 2. The summed E-state index contributed by atoms with van der Waals surface area (Å²) >= 11 is 0. The van der Waals surface area contributed by atoms with Crippen LogP contribution in [0.25, 0.3) is 33.6 Å². The molecule has 0 atom stereocenters. The molecule has 1 N–H and O–H groups in total. The third kappa shape index (κ3) is 4.30. The predicted octanol–water partition coefficient (Wildman–Crippen LogP) is 5.86. The van der Waals surface area contributed by atoms with Gasteiger partial charge in [-0.1, -0.05) is 18.2 Å². The molecule has 0 radical (unpaired) electrons. The number of hydrogen-bond acceptors (Lipinski definition) is 5. The highest BCUT2D eigenvalue weighted by Crippen LogP contribution is 2.36. The molecule has 2 amide bonds. The number of benzene rings is 2. The Morgan fingerprint density at radius 2 is 1.79 bits per heavy atom. The van der Waals surface area contributed by atoms with Gasteiger partial charge in [-0.3, -0.25) is 19.5 Å². The number of anilines is 1. The first kappa shape index (κ1) is 23.5. The SMILES string of the molecule is CNC(=O)c1c(-c2ccc(F)cc2)oc2cnc(-c3cccc(C(=O)N(c4ccccn4)C4CC4)c3)cc12. The third-order valence-electron chi connectivity index (χ3n) is 6.57. The van der Waals surface area contributed by atoms with Crippen molar-refractivity contribution < 1.29 is 18.4 Å². The van der Waals surface area contributed by atoms with Crippen LogP contribution < -0.4 is 10.2 Å².